The highest BCUT2D eigenvalue weighted by Gasteiger charge is 2.43. The number of aliphatic hydroxyl groups excluding tert-OH is 1. The van der Waals surface area contributed by atoms with E-state index < -0.39 is 23.5 Å². The summed E-state index contributed by atoms with van der Waals surface area (Å²) in [7, 11) is 1.50. The van der Waals surface area contributed by atoms with Gasteiger partial charge in [-0.2, -0.15) is 0 Å². The normalized spacial score (nSPS) is 17.0. The third kappa shape index (κ3) is 2.94. The zero-order valence-electron chi connectivity index (χ0n) is 14.4. The Balaban J connectivity index is 2.17. The molecule has 1 aliphatic heterocycles. The van der Waals surface area contributed by atoms with E-state index in [0.717, 1.165) is 0 Å². The quantitative estimate of drug-likeness (QED) is 0.888. The first kappa shape index (κ1) is 17.7. The van der Waals surface area contributed by atoms with Crippen LogP contribution in [0, 0.1) is 5.82 Å². The van der Waals surface area contributed by atoms with E-state index in [1.165, 1.54) is 36.3 Å². The first-order valence-electron chi connectivity index (χ1n) is 8.17. The second kappa shape index (κ2) is 7.00. The van der Waals surface area contributed by atoms with Gasteiger partial charge >= 0.3 is 0 Å². The van der Waals surface area contributed by atoms with Gasteiger partial charge in [0, 0.05) is 18.2 Å². The van der Waals surface area contributed by atoms with Gasteiger partial charge in [-0.15, -0.1) is 0 Å². The number of ketones is 1. The monoisotopic (exact) mass is 355 g/mol. The van der Waals surface area contributed by atoms with E-state index in [-0.39, 0.29) is 17.8 Å². The summed E-state index contributed by atoms with van der Waals surface area (Å²) >= 11 is 0. The third-order valence-electron chi connectivity index (χ3n) is 4.35. The molecule has 6 heteroatoms. The molecule has 0 bridgehead atoms. The predicted octanol–water partition coefficient (Wildman–Crippen LogP) is 3.71. The number of hydrogen-bond donors (Lipinski definition) is 1. The number of hydrogen-bond acceptors (Lipinski definition) is 4. The molecule has 1 N–H and O–H groups in total. The van der Waals surface area contributed by atoms with E-state index in [9.17, 15) is 19.1 Å². The first-order valence-corrected chi connectivity index (χ1v) is 8.17. The summed E-state index contributed by atoms with van der Waals surface area (Å²) in [5, 5.41) is 10.4. The van der Waals surface area contributed by atoms with Crippen molar-refractivity contribution < 1.29 is 23.8 Å². The van der Waals surface area contributed by atoms with Crippen LogP contribution in [0.4, 0.5) is 10.1 Å². The fourth-order valence-electron chi connectivity index (χ4n) is 3.07. The summed E-state index contributed by atoms with van der Waals surface area (Å²) in [6, 6.07) is 11.4. The second-order valence-electron chi connectivity index (χ2n) is 5.87. The Bertz CT molecular complexity index is 889. The van der Waals surface area contributed by atoms with Gasteiger partial charge < -0.3 is 9.84 Å². The summed E-state index contributed by atoms with van der Waals surface area (Å²) in [5.74, 6) is -1.49. The lowest BCUT2D eigenvalue weighted by Gasteiger charge is -2.27. The number of nitrogens with zero attached hydrogens (tertiary/aromatic N) is 1. The van der Waals surface area contributed by atoms with E-state index in [2.05, 4.69) is 0 Å². The molecule has 26 heavy (non-hydrogen) atoms. The summed E-state index contributed by atoms with van der Waals surface area (Å²) in [5.41, 5.74) is 1.02. The Labute approximate surface area is 150 Å². The number of halogens is 1. The summed E-state index contributed by atoms with van der Waals surface area (Å²) in [4.78, 5) is 26.5. The van der Waals surface area contributed by atoms with Crippen molar-refractivity contribution in [3.05, 3.63) is 71.2 Å². The standard InChI is InChI=1S/C20H18FNO4/c1-3-16(23)17-18(12-7-9-13(21)10-8-12)22(20(25)19(17)24)14-5-4-6-15(11-14)26-2/h4-11,18,24H,3H2,1-2H3. The van der Waals surface area contributed by atoms with Crippen LogP contribution in [-0.4, -0.2) is 23.9 Å². The minimum atomic E-state index is -0.831. The smallest absolute Gasteiger partial charge is 0.294 e. The molecule has 134 valence electrons. The molecule has 0 aromatic heterocycles. The number of carbonyl (C=O) groups excluding carboxylic acids is 2. The maximum absolute atomic E-state index is 13.3. The van der Waals surface area contributed by atoms with Crippen molar-refractivity contribution in [3.8, 4) is 5.75 Å². The van der Waals surface area contributed by atoms with Crippen LogP contribution in [0.3, 0.4) is 0 Å². The lowest BCUT2D eigenvalue weighted by Crippen LogP contribution is -2.31. The van der Waals surface area contributed by atoms with Gasteiger partial charge in [-0.3, -0.25) is 14.5 Å². The van der Waals surface area contributed by atoms with Crippen LogP contribution in [0.2, 0.25) is 0 Å². The molecule has 2 aromatic rings. The average molecular weight is 355 g/mol. The van der Waals surface area contributed by atoms with Crippen LogP contribution in [0.15, 0.2) is 59.9 Å². The minimum Gasteiger partial charge on any atom is -0.503 e. The summed E-state index contributed by atoms with van der Waals surface area (Å²) in [6.45, 7) is 1.66. The molecule has 0 saturated carbocycles. The van der Waals surface area contributed by atoms with Crippen LogP contribution in [0.5, 0.6) is 5.75 Å². The Morgan fingerprint density at radius 1 is 1.23 bits per heavy atom. The van der Waals surface area contributed by atoms with Crippen LogP contribution >= 0.6 is 0 Å². The number of rotatable bonds is 5. The van der Waals surface area contributed by atoms with E-state index in [1.807, 2.05) is 0 Å². The number of benzene rings is 2. The van der Waals surface area contributed by atoms with Gasteiger partial charge in [0.2, 0.25) is 0 Å². The van der Waals surface area contributed by atoms with E-state index >= 15 is 0 Å². The predicted molar refractivity (Wildman–Crippen MR) is 94.6 cm³/mol. The molecule has 1 unspecified atom stereocenters. The van der Waals surface area contributed by atoms with Crippen molar-refractivity contribution in [1.29, 1.82) is 0 Å². The van der Waals surface area contributed by atoms with Gasteiger partial charge in [-0.1, -0.05) is 25.1 Å². The minimum absolute atomic E-state index is 0.0203. The number of Topliss-reactive ketones (excluding diaryl/α,β-unsaturated/α-hetero) is 1. The molecule has 2 aromatic carbocycles. The van der Waals surface area contributed by atoms with Gasteiger partial charge in [0.1, 0.15) is 11.6 Å². The highest BCUT2D eigenvalue weighted by atomic mass is 19.1. The largest absolute Gasteiger partial charge is 0.503 e. The molecule has 0 fully saturated rings. The fraction of sp³-hybridized carbons (Fsp3) is 0.200. The Morgan fingerprint density at radius 2 is 1.92 bits per heavy atom. The summed E-state index contributed by atoms with van der Waals surface area (Å²) < 4.78 is 18.5. The van der Waals surface area contributed by atoms with Gasteiger partial charge in [-0.05, 0) is 29.8 Å². The third-order valence-corrected chi connectivity index (χ3v) is 4.35. The zero-order chi connectivity index (χ0) is 18.8. The lowest BCUT2D eigenvalue weighted by molar-refractivity contribution is -0.118. The van der Waals surface area contributed by atoms with Crippen LogP contribution < -0.4 is 9.64 Å². The zero-order valence-corrected chi connectivity index (χ0v) is 14.4. The molecule has 0 saturated heterocycles. The van der Waals surface area contributed by atoms with Crippen LogP contribution in [-0.2, 0) is 9.59 Å². The molecule has 0 aliphatic carbocycles. The van der Waals surface area contributed by atoms with Crippen LogP contribution in [0.1, 0.15) is 24.9 Å². The topological polar surface area (TPSA) is 66.8 Å². The SMILES string of the molecule is CCC(=O)C1=C(O)C(=O)N(c2cccc(OC)c2)C1c1ccc(F)cc1. The van der Waals surface area contributed by atoms with Crippen LogP contribution in [0.25, 0.3) is 0 Å². The Hall–Kier alpha value is -3.15. The molecule has 1 atom stereocenters. The molecule has 1 heterocycles. The number of anilines is 1. The molecule has 0 spiro atoms. The highest BCUT2D eigenvalue weighted by Crippen LogP contribution is 2.41. The molecule has 1 amide bonds. The molecule has 3 rings (SSSR count). The molecular formula is C20H18FNO4. The molecule has 1 aliphatic rings. The Kier molecular flexibility index (Phi) is 4.75. The van der Waals surface area contributed by atoms with E-state index in [4.69, 9.17) is 4.74 Å². The number of ether oxygens (including phenoxy) is 1. The number of methoxy groups -OCH3 is 1. The lowest BCUT2D eigenvalue weighted by atomic mass is 9.95. The average Bonchev–Trinajstić information content (AvgIpc) is 2.93. The fourth-order valence-corrected chi connectivity index (χ4v) is 3.07. The number of carbonyl (C=O) groups is 2. The van der Waals surface area contributed by atoms with Crippen molar-refractivity contribution in [2.24, 2.45) is 0 Å². The Morgan fingerprint density at radius 3 is 2.54 bits per heavy atom. The molecule has 0 radical (unpaired) electrons. The highest BCUT2D eigenvalue weighted by molar-refractivity contribution is 6.16. The maximum atomic E-state index is 13.3. The molecule has 5 nitrogen and oxygen atoms in total. The maximum Gasteiger partial charge on any atom is 0.294 e. The summed E-state index contributed by atoms with van der Waals surface area (Å²) in [6.07, 6.45) is 0.135. The van der Waals surface area contributed by atoms with E-state index in [0.29, 0.717) is 17.0 Å². The molecular weight excluding hydrogens is 337 g/mol. The van der Waals surface area contributed by atoms with Gasteiger partial charge in [0.25, 0.3) is 5.91 Å². The van der Waals surface area contributed by atoms with Gasteiger partial charge in [-0.25, -0.2) is 4.39 Å². The van der Waals surface area contributed by atoms with Crippen molar-refractivity contribution in [2.75, 3.05) is 12.0 Å². The van der Waals surface area contributed by atoms with Crippen molar-refractivity contribution in [1.82, 2.24) is 0 Å². The van der Waals surface area contributed by atoms with E-state index in [1.54, 1.807) is 31.2 Å². The number of aliphatic hydroxyl groups is 1. The van der Waals surface area contributed by atoms with Crippen molar-refractivity contribution >= 4 is 17.4 Å². The number of amides is 1. The van der Waals surface area contributed by atoms with Gasteiger partial charge in [0.15, 0.2) is 11.5 Å². The van der Waals surface area contributed by atoms with Crippen molar-refractivity contribution in [3.63, 3.8) is 0 Å². The van der Waals surface area contributed by atoms with Gasteiger partial charge in [0.05, 0.1) is 18.7 Å². The van der Waals surface area contributed by atoms with Crippen molar-refractivity contribution in [2.45, 2.75) is 19.4 Å². The first-order chi connectivity index (χ1) is 12.5. The second-order valence-corrected chi connectivity index (χ2v) is 5.87.